The van der Waals surface area contributed by atoms with Crippen molar-refractivity contribution in [3.8, 4) is 11.3 Å². The first-order chi connectivity index (χ1) is 7.18. The molecule has 0 saturated heterocycles. The Morgan fingerprint density at radius 2 is 2.20 bits per heavy atom. The van der Waals surface area contributed by atoms with Gasteiger partial charge in [-0.3, -0.25) is 4.79 Å². The molecule has 76 valence electrons. The average Bonchev–Trinajstić information content (AvgIpc) is 2.20. The molecule has 0 aliphatic rings. The lowest BCUT2D eigenvalue weighted by molar-refractivity contribution is 0.627. The number of H-pyrrole nitrogens is 1. The van der Waals surface area contributed by atoms with Gasteiger partial charge in [0.25, 0.3) is 5.56 Å². The number of hydrogen-bond acceptors (Lipinski definition) is 2. The van der Waals surface area contributed by atoms with Crippen LogP contribution in [-0.2, 0) is 0 Å². The second kappa shape index (κ2) is 3.65. The molecule has 0 saturated carbocycles. The van der Waals surface area contributed by atoms with Crippen molar-refractivity contribution in [1.29, 1.82) is 0 Å². The maximum atomic E-state index is 12.9. The van der Waals surface area contributed by atoms with Crippen LogP contribution in [0.15, 0.2) is 35.4 Å². The van der Waals surface area contributed by atoms with E-state index in [4.69, 9.17) is 0 Å². The lowest BCUT2D eigenvalue weighted by Crippen LogP contribution is -2.10. The first-order valence-corrected chi connectivity index (χ1v) is 4.48. The molecule has 1 aromatic carbocycles. The van der Waals surface area contributed by atoms with E-state index in [0.717, 1.165) is 0 Å². The molecule has 2 aromatic rings. The zero-order valence-electron chi connectivity index (χ0n) is 8.12. The summed E-state index contributed by atoms with van der Waals surface area (Å²) in [5, 5.41) is 0. The highest BCUT2D eigenvalue weighted by Crippen LogP contribution is 2.18. The van der Waals surface area contributed by atoms with Crippen LogP contribution in [0.4, 0.5) is 4.39 Å². The van der Waals surface area contributed by atoms with E-state index in [-0.39, 0.29) is 11.4 Å². The second-order valence-corrected chi connectivity index (χ2v) is 3.23. The van der Waals surface area contributed by atoms with E-state index in [1.807, 2.05) is 0 Å². The van der Waals surface area contributed by atoms with Gasteiger partial charge in [0.05, 0.1) is 0 Å². The van der Waals surface area contributed by atoms with Crippen LogP contribution in [0.25, 0.3) is 11.3 Å². The maximum absolute atomic E-state index is 12.9. The van der Waals surface area contributed by atoms with Crippen LogP contribution in [0.5, 0.6) is 0 Å². The summed E-state index contributed by atoms with van der Waals surface area (Å²) in [6.45, 7) is 1.74. The van der Waals surface area contributed by atoms with Crippen LogP contribution in [0.2, 0.25) is 0 Å². The fourth-order valence-corrected chi connectivity index (χ4v) is 1.44. The van der Waals surface area contributed by atoms with Gasteiger partial charge in [0.15, 0.2) is 0 Å². The first kappa shape index (κ1) is 9.58. The molecule has 0 atom stereocenters. The van der Waals surface area contributed by atoms with E-state index in [2.05, 4.69) is 9.97 Å². The Bertz CT molecular complexity index is 548. The molecule has 1 aromatic heterocycles. The number of nitrogens with zero attached hydrogens (tertiary/aromatic N) is 1. The van der Waals surface area contributed by atoms with Gasteiger partial charge in [-0.1, -0.05) is 0 Å². The van der Waals surface area contributed by atoms with Gasteiger partial charge in [-0.2, -0.15) is 0 Å². The molecule has 0 amide bonds. The number of benzene rings is 1. The van der Waals surface area contributed by atoms with Crippen LogP contribution in [-0.4, -0.2) is 9.97 Å². The third-order valence-corrected chi connectivity index (χ3v) is 2.15. The summed E-state index contributed by atoms with van der Waals surface area (Å²) >= 11 is 0. The van der Waals surface area contributed by atoms with E-state index in [9.17, 15) is 9.18 Å². The number of aromatic nitrogens is 2. The molecule has 0 bridgehead atoms. The quantitative estimate of drug-likeness (QED) is 0.770. The molecule has 0 radical (unpaired) electrons. The lowest BCUT2D eigenvalue weighted by Gasteiger charge is -2.03. The van der Waals surface area contributed by atoms with Crippen molar-refractivity contribution in [2.75, 3.05) is 0 Å². The van der Waals surface area contributed by atoms with Crippen molar-refractivity contribution < 1.29 is 4.39 Å². The Labute approximate surface area is 85.6 Å². The molecular formula is C11H9FN2O. The topological polar surface area (TPSA) is 45.8 Å². The molecule has 3 nitrogen and oxygen atoms in total. The number of rotatable bonds is 1. The zero-order valence-corrected chi connectivity index (χ0v) is 8.12. The summed E-state index contributed by atoms with van der Waals surface area (Å²) in [6, 6.07) is 4.25. The van der Waals surface area contributed by atoms with E-state index >= 15 is 0 Å². The summed E-state index contributed by atoms with van der Waals surface area (Å²) in [6.07, 6.45) is 2.96. The molecule has 0 unspecified atom stereocenters. The predicted molar refractivity (Wildman–Crippen MR) is 55.0 cm³/mol. The Balaban J connectivity index is 2.65. The number of aromatic amines is 1. The minimum atomic E-state index is -0.316. The van der Waals surface area contributed by atoms with E-state index < -0.39 is 0 Å². The van der Waals surface area contributed by atoms with Crippen molar-refractivity contribution in [3.63, 3.8) is 0 Å². The van der Waals surface area contributed by atoms with E-state index in [1.165, 1.54) is 24.5 Å². The van der Waals surface area contributed by atoms with Gasteiger partial charge >= 0.3 is 0 Å². The number of halogens is 1. The van der Waals surface area contributed by atoms with Gasteiger partial charge in [-0.15, -0.1) is 0 Å². The first-order valence-electron chi connectivity index (χ1n) is 4.48. The Hall–Kier alpha value is -1.97. The van der Waals surface area contributed by atoms with Crippen molar-refractivity contribution in [1.82, 2.24) is 9.97 Å². The molecule has 0 spiro atoms. The summed E-state index contributed by atoms with van der Waals surface area (Å²) in [7, 11) is 0. The lowest BCUT2D eigenvalue weighted by atomic mass is 10.1. The van der Waals surface area contributed by atoms with Crippen LogP contribution in [0.3, 0.4) is 0 Å². The van der Waals surface area contributed by atoms with Gasteiger partial charge in [0.1, 0.15) is 11.5 Å². The van der Waals surface area contributed by atoms with Gasteiger partial charge in [-0.25, -0.2) is 9.37 Å². The third kappa shape index (κ3) is 1.79. The van der Waals surface area contributed by atoms with Gasteiger partial charge in [-0.05, 0) is 30.7 Å². The second-order valence-electron chi connectivity index (χ2n) is 3.23. The Morgan fingerprint density at radius 1 is 1.40 bits per heavy atom. The fraction of sp³-hybridized carbons (Fsp3) is 0.0909. The molecule has 0 fully saturated rings. The minimum absolute atomic E-state index is 0.271. The molecular weight excluding hydrogens is 195 g/mol. The summed E-state index contributed by atoms with van der Waals surface area (Å²) in [5.74, 6) is -0.316. The normalized spacial score (nSPS) is 10.3. The highest BCUT2D eigenvalue weighted by Gasteiger charge is 2.07. The van der Waals surface area contributed by atoms with Crippen LogP contribution < -0.4 is 5.56 Å². The predicted octanol–water partition coefficient (Wildman–Crippen LogP) is 1.88. The van der Waals surface area contributed by atoms with E-state index in [1.54, 1.807) is 13.0 Å². The van der Waals surface area contributed by atoms with Gasteiger partial charge in [0, 0.05) is 18.0 Å². The van der Waals surface area contributed by atoms with E-state index in [0.29, 0.717) is 16.8 Å². The smallest absolute Gasteiger partial charge is 0.274 e. The van der Waals surface area contributed by atoms with Crippen molar-refractivity contribution >= 4 is 0 Å². The molecule has 4 heteroatoms. The monoisotopic (exact) mass is 204 g/mol. The maximum Gasteiger partial charge on any atom is 0.274 e. The fourth-order valence-electron chi connectivity index (χ4n) is 1.44. The average molecular weight is 204 g/mol. The zero-order chi connectivity index (χ0) is 10.8. The number of nitrogens with one attached hydrogen (secondary N) is 1. The summed E-state index contributed by atoms with van der Waals surface area (Å²) in [4.78, 5) is 17.9. The Kier molecular flexibility index (Phi) is 2.33. The van der Waals surface area contributed by atoms with Gasteiger partial charge in [0.2, 0.25) is 0 Å². The third-order valence-electron chi connectivity index (χ3n) is 2.15. The number of hydrogen-bond donors (Lipinski definition) is 1. The SMILES string of the molecule is Cc1cc(F)ccc1-c1ncc[nH]c1=O. The van der Waals surface area contributed by atoms with Crippen molar-refractivity contribution in [2.24, 2.45) is 0 Å². The molecule has 0 aliphatic heterocycles. The highest BCUT2D eigenvalue weighted by atomic mass is 19.1. The van der Waals surface area contributed by atoms with Crippen molar-refractivity contribution in [2.45, 2.75) is 6.92 Å². The standard InChI is InChI=1S/C11H9FN2O/c1-7-6-8(12)2-3-9(7)10-11(15)14-5-4-13-10/h2-6H,1H3,(H,14,15). The molecule has 1 N–H and O–H groups in total. The van der Waals surface area contributed by atoms with Crippen molar-refractivity contribution in [3.05, 3.63) is 52.3 Å². The minimum Gasteiger partial charge on any atom is -0.326 e. The largest absolute Gasteiger partial charge is 0.326 e. The molecule has 1 heterocycles. The van der Waals surface area contributed by atoms with Crippen LogP contribution in [0.1, 0.15) is 5.56 Å². The molecule has 2 rings (SSSR count). The van der Waals surface area contributed by atoms with Gasteiger partial charge < -0.3 is 4.98 Å². The number of aryl methyl sites for hydroxylation is 1. The molecule has 15 heavy (non-hydrogen) atoms. The van der Waals surface area contributed by atoms with Crippen LogP contribution in [0, 0.1) is 12.7 Å². The molecule has 0 aliphatic carbocycles. The van der Waals surface area contributed by atoms with Crippen LogP contribution >= 0.6 is 0 Å². The summed E-state index contributed by atoms with van der Waals surface area (Å²) < 4.78 is 12.9. The Morgan fingerprint density at radius 3 is 2.87 bits per heavy atom. The summed E-state index contributed by atoms with van der Waals surface area (Å²) in [5.41, 5.74) is 1.39. The highest BCUT2D eigenvalue weighted by molar-refractivity contribution is 5.62.